The fourth-order valence-corrected chi connectivity index (χ4v) is 1.18. The third-order valence-electron chi connectivity index (χ3n) is 2.01. The Labute approximate surface area is 92.3 Å². The van der Waals surface area contributed by atoms with Gasteiger partial charge in [0, 0.05) is 18.2 Å². The van der Waals surface area contributed by atoms with Crippen molar-refractivity contribution in [2.45, 2.75) is 13.0 Å². The SMILES string of the molecule is CC(CO)Nc1ccc([N+](=O)[O-])cc1C#N. The molecular weight excluding hydrogens is 210 g/mol. The first-order chi connectivity index (χ1) is 7.58. The second-order valence-corrected chi connectivity index (χ2v) is 3.33. The van der Waals surface area contributed by atoms with Gasteiger partial charge in [0.2, 0.25) is 0 Å². The van der Waals surface area contributed by atoms with E-state index in [2.05, 4.69) is 5.32 Å². The number of nitro benzene ring substituents is 1. The van der Waals surface area contributed by atoms with Crippen LogP contribution >= 0.6 is 0 Å². The van der Waals surface area contributed by atoms with Gasteiger partial charge in [0.1, 0.15) is 6.07 Å². The molecule has 2 N–H and O–H groups in total. The predicted octanol–water partition coefficient (Wildman–Crippen LogP) is 1.26. The van der Waals surface area contributed by atoms with Crippen LogP contribution in [0, 0.1) is 21.4 Å². The van der Waals surface area contributed by atoms with Gasteiger partial charge < -0.3 is 10.4 Å². The quantitative estimate of drug-likeness (QED) is 0.589. The van der Waals surface area contributed by atoms with Gasteiger partial charge >= 0.3 is 0 Å². The summed E-state index contributed by atoms with van der Waals surface area (Å²) in [7, 11) is 0. The molecule has 16 heavy (non-hydrogen) atoms. The van der Waals surface area contributed by atoms with E-state index in [0.29, 0.717) is 5.69 Å². The number of aliphatic hydroxyl groups is 1. The summed E-state index contributed by atoms with van der Waals surface area (Å²) >= 11 is 0. The van der Waals surface area contributed by atoms with Gasteiger partial charge in [-0.05, 0) is 13.0 Å². The van der Waals surface area contributed by atoms with Crippen LogP contribution in [0.4, 0.5) is 11.4 Å². The van der Waals surface area contributed by atoms with Crippen LogP contribution < -0.4 is 5.32 Å². The number of hydrogen-bond donors (Lipinski definition) is 2. The van der Waals surface area contributed by atoms with Gasteiger partial charge in [-0.3, -0.25) is 10.1 Å². The first-order valence-electron chi connectivity index (χ1n) is 4.64. The Balaban J connectivity index is 3.03. The van der Waals surface area contributed by atoms with Crippen LogP contribution in [0.2, 0.25) is 0 Å². The van der Waals surface area contributed by atoms with E-state index in [4.69, 9.17) is 10.4 Å². The molecule has 0 radical (unpaired) electrons. The summed E-state index contributed by atoms with van der Waals surface area (Å²) < 4.78 is 0. The number of nitro groups is 1. The van der Waals surface area contributed by atoms with Gasteiger partial charge in [-0.2, -0.15) is 5.26 Å². The highest BCUT2D eigenvalue weighted by Gasteiger charge is 2.11. The average molecular weight is 221 g/mol. The molecule has 0 aliphatic carbocycles. The van der Waals surface area contributed by atoms with E-state index >= 15 is 0 Å². The van der Waals surface area contributed by atoms with Gasteiger partial charge in [-0.15, -0.1) is 0 Å². The van der Waals surface area contributed by atoms with Gasteiger partial charge in [-0.25, -0.2) is 0 Å². The number of nitriles is 1. The summed E-state index contributed by atoms with van der Waals surface area (Å²) in [6.07, 6.45) is 0. The van der Waals surface area contributed by atoms with E-state index in [-0.39, 0.29) is 23.9 Å². The molecule has 1 aromatic carbocycles. The maximum Gasteiger partial charge on any atom is 0.270 e. The molecule has 0 bridgehead atoms. The molecular formula is C10H11N3O3. The predicted molar refractivity (Wildman–Crippen MR) is 58.0 cm³/mol. The molecule has 84 valence electrons. The smallest absolute Gasteiger partial charge is 0.270 e. The molecule has 1 atom stereocenters. The lowest BCUT2D eigenvalue weighted by Gasteiger charge is -2.13. The Morgan fingerprint density at radius 2 is 2.38 bits per heavy atom. The van der Waals surface area contributed by atoms with Crippen LogP contribution in [0.25, 0.3) is 0 Å². The van der Waals surface area contributed by atoms with Crippen molar-refractivity contribution in [3.8, 4) is 6.07 Å². The van der Waals surface area contributed by atoms with Crippen molar-refractivity contribution in [3.05, 3.63) is 33.9 Å². The summed E-state index contributed by atoms with van der Waals surface area (Å²) in [6.45, 7) is 1.66. The normalized spacial score (nSPS) is 11.6. The van der Waals surface area contributed by atoms with E-state index in [1.54, 1.807) is 6.92 Å². The fourth-order valence-electron chi connectivity index (χ4n) is 1.18. The molecule has 1 unspecified atom stereocenters. The van der Waals surface area contributed by atoms with Crippen molar-refractivity contribution < 1.29 is 10.0 Å². The first-order valence-corrected chi connectivity index (χ1v) is 4.64. The minimum absolute atomic E-state index is 0.0815. The van der Waals surface area contributed by atoms with Crippen molar-refractivity contribution in [1.82, 2.24) is 0 Å². The van der Waals surface area contributed by atoms with Crippen LogP contribution in [0.5, 0.6) is 0 Å². The molecule has 0 aliphatic rings. The lowest BCUT2D eigenvalue weighted by molar-refractivity contribution is -0.384. The Kier molecular flexibility index (Phi) is 3.80. The van der Waals surface area contributed by atoms with Crippen molar-refractivity contribution in [2.24, 2.45) is 0 Å². The number of hydrogen-bond acceptors (Lipinski definition) is 5. The molecule has 0 spiro atoms. The van der Waals surface area contributed by atoms with E-state index in [1.165, 1.54) is 18.2 Å². The fraction of sp³-hybridized carbons (Fsp3) is 0.300. The Morgan fingerprint density at radius 1 is 1.69 bits per heavy atom. The molecule has 1 rings (SSSR count). The molecule has 0 fully saturated rings. The van der Waals surface area contributed by atoms with E-state index in [1.807, 2.05) is 6.07 Å². The molecule has 0 saturated carbocycles. The largest absolute Gasteiger partial charge is 0.394 e. The zero-order valence-electron chi connectivity index (χ0n) is 8.67. The third kappa shape index (κ3) is 2.68. The highest BCUT2D eigenvalue weighted by atomic mass is 16.6. The summed E-state index contributed by atoms with van der Waals surface area (Å²) in [4.78, 5) is 9.94. The number of rotatable bonds is 4. The lowest BCUT2D eigenvalue weighted by atomic mass is 10.1. The summed E-state index contributed by atoms with van der Waals surface area (Å²) in [5, 5.41) is 31.1. The van der Waals surface area contributed by atoms with Gasteiger partial charge in [-0.1, -0.05) is 0 Å². The molecule has 1 aromatic rings. The standard InChI is InChI=1S/C10H11N3O3/c1-7(6-14)12-10-3-2-9(13(15)16)4-8(10)5-11/h2-4,7,12,14H,6H2,1H3. The molecule has 0 aromatic heterocycles. The van der Waals surface area contributed by atoms with Crippen LogP contribution in [-0.4, -0.2) is 22.7 Å². The molecule has 6 nitrogen and oxygen atoms in total. The summed E-state index contributed by atoms with van der Waals surface area (Å²) in [6, 6.07) is 5.63. The highest BCUT2D eigenvalue weighted by Crippen LogP contribution is 2.21. The van der Waals surface area contributed by atoms with Crippen molar-refractivity contribution in [1.29, 1.82) is 5.26 Å². The second-order valence-electron chi connectivity index (χ2n) is 3.33. The number of aliphatic hydroxyl groups excluding tert-OH is 1. The minimum Gasteiger partial charge on any atom is -0.394 e. The average Bonchev–Trinajstić information content (AvgIpc) is 2.29. The first kappa shape index (κ1) is 11.9. The zero-order chi connectivity index (χ0) is 12.1. The molecule has 0 saturated heterocycles. The summed E-state index contributed by atoms with van der Waals surface area (Å²) in [5.41, 5.74) is 0.544. The number of nitrogens with one attached hydrogen (secondary N) is 1. The molecule has 0 heterocycles. The van der Waals surface area contributed by atoms with Gasteiger partial charge in [0.25, 0.3) is 5.69 Å². The second kappa shape index (κ2) is 5.09. The van der Waals surface area contributed by atoms with Crippen molar-refractivity contribution in [2.75, 3.05) is 11.9 Å². The number of nitrogens with zero attached hydrogens (tertiary/aromatic N) is 2. The highest BCUT2D eigenvalue weighted by molar-refractivity contribution is 5.61. The Hall–Kier alpha value is -2.13. The van der Waals surface area contributed by atoms with Gasteiger partial charge in [0.05, 0.1) is 22.8 Å². The Bertz CT molecular complexity index is 439. The lowest BCUT2D eigenvalue weighted by Crippen LogP contribution is -2.19. The van der Waals surface area contributed by atoms with Crippen LogP contribution in [0.1, 0.15) is 12.5 Å². The van der Waals surface area contributed by atoms with E-state index in [0.717, 1.165) is 0 Å². The zero-order valence-corrected chi connectivity index (χ0v) is 8.67. The van der Waals surface area contributed by atoms with Crippen LogP contribution in [0.15, 0.2) is 18.2 Å². The monoisotopic (exact) mass is 221 g/mol. The maximum atomic E-state index is 10.5. The van der Waals surface area contributed by atoms with E-state index < -0.39 is 4.92 Å². The molecule has 0 aliphatic heterocycles. The third-order valence-corrected chi connectivity index (χ3v) is 2.01. The van der Waals surface area contributed by atoms with Crippen molar-refractivity contribution in [3.63, 3.8) is 0 Å². The minimum atomic E-state index is -0.555. The molecule has 0 amide bonds. The number of benzene rings is 1. The van der Waals surface area contributed by atoms with E-state index in [9.17, 15) is 10.1 Å². The maximum absolute atomic E-state index is 10.5. The topological polar surface area (TPSA) is 99.2 Å². The van der Waals surface area contributed by atoms with Crippen molar-refractivity contribution >= 4 is 11.4 Å². The van der Waals surface area contributed by atoms with Crippen LogP contribution in [0.3, 0.4) is 0 Å². The molecule has 6 heteroatoms. The number of anilines is 1. The summed E-state index contributed by atoms with van der Waals surface area (Å²) in [5.74, 6) is 0. The van der Waals surface area contributed by atoms with Crippen LogP contribution in [-0.2, 0) is 0 Å². The number of non-ortho nitro benzene ring substituents is 1. The Morgan fingerprint density at radius 3 is 2.88 bits per heavy atom. The van der Waals surface area contributed by atoms with Gasteiger partial charge in [0.15, 0.2) is 0 Å².